The Labute approximate surface area is 151 Å². The summed E-state index contributed by atoms with van der Waals surface area (Å²) in [4.78, 5) is 27.4. The topological polar surface area (TPSA) is 116 Å². The maximum atomic E-state index is 12.1. The van der Waals surface area contributed by atoms with Crippen LogP contribution in [0.1, 0.15) is 32.2 Å². The highest BCUT2D eigenvalue weighted by Gasteiger charge is 2.45. The van der Waals surface area contributed by atoms with Crippen molar-refractivity contribution < 1.29 is 15.0 Å². The molecule has 4 rings (SSSR count). The highest BCUT2D eigenvalue weighted by Crippen LogP contribution is 2.48. The predicted octanol–water partition coefficient (Wildman–Crippen LogP) is -0.153. The van der Waals surface area contributed by atoms with Crippen molar-refractivity contribution in [3.63, 3.8) is 0 Å². The van der Waals surface area contributed by atoms with E-state index in [-0.39, 0.29) is 31.2 Å². The summed E-state index contributed by atoms with van der Waals surface area (Å²) in [5.74, 6) is 0.695. The molecule has 0 radical (unpaired) electrons. The van der Waals surface area contributed by atoms with Gasteiger partial charge in [-0.3, -0.25) is 4.79 Å². The Kier molecular flexibility index (Phi) is 4.28. The molecule has 2 aliphatic rings. The van der Waals surface area contributed by atoms with Crippen LogP contribution in [0, 0.1) is 5.41 Å². The number of hydrogen-bond acceptors (Lipinski definition) is 7. The number of fused-ring (bicyclic) bond motifs is 1. The van der Waals surface area contributed by atoms with Crippen LogP contribution in [0.5, 0.6) is 0 Å². The third-order valence-corrected chi connectivity index (χ3v) is 5.75. The Morgan fingerprint density at radius 2 is 2.08 bits per heavy atom. The summed E-state index contributed by atoms with van der Waals surface area (Å²) in [7, 11) is 0. The SMILES string of the molecule is CCN(c1ncnc2c1ncn2C1CC(CO)(CO)C1)C1CCNC1=O. The molecule has 1 saturated heterocycles. The Morgan fingerprint density at radius 3 is 2.69 bits per heavy atom. The molecule has 1 unspecified atom stereocenters. The van der Waals surface area contributed by atoms with Gasteiger partial charge in [0.25, 0.3) is 0 Å². The number of aliphatic hydroxyl groups excluding tert-OH is 2. The highest BCUT2D eigenvalue weighted by atomic mass is 16.3. The fraction of sp³-hybridized carbons (Fsp3) is 0.647. The zero-order chi connectivity index (χ0) is 18.3. The van der Waals surface area contributed by atoms with E-state index >= 15 is 0 Å². The standard InChI is InChI=1S/C17H24N6O3/c1-2-22(12-3-4-18-16(12)26)14-13-15(20-9-19-14)23(10-21-13)11-5-17(6-11,7-24)8-25/h9-12,24-25H,2-8H2,1H3,(H,18,26). The second kappa shape index (κ2) is 6.48. The Bertz CT molecular complexity index is 810. The van der Waals surface area contributed by atoms with Crippen molar-refractivity contribution in [1.29, 1.82) is 0 Å². The molecule has 140 valence electrons. The van der Waals surface area contributed by atoms with Crippen LogP contribution in [0.15, 0.2) is 12.7 Å². The van der Waals surface area contributed by atoms with Crippen molar-refractivity contribution in [1.82, 2.24) is 24.8 Å². The molecule has 1 amide bonds. The van der Waals surface area contributed by atoms with Crippen LogP contribution in [-0.2, 0) is 4.79 Å². The zero-order valence-corrected chi connectivity index (χ0v) is 14.8. The summed E-state index contributed by atoms with van der Waals surface area (Å²) in [5.41, 5.74) is 0.995. The first-order chi connectivity index (χ1) is 12.6. The van der Waals surface area contributed by atoms with Gasteiger partial charge in [0.15, 0.2) is 17.0 Å². The first kappa shape index (κ1) is 17.2. The van der Waals surface area contributed by atoms with Crippen molar-refractivity contribution in [3.05, 3.63) is 12.7 Å². The third kappa shape index (κ3) is 2.53. The first-order valence-electron chi connectivity index (χ1n) is 9.06. The predicted molar refractivity (Wildman–Crippen MR) is 94.6 cm³/mol. The molecular formula is C17H24N6O3. The van der Waals surface area contributed by atoms with Gasteiger partial charge in [0.2, 0.25) is 5.91 Å². The van der Waals surface area contributed by atoms with Gasteiger partial charge in [-0.15, -0.1) is 0 Å². The lowest BCUT2D eigenvalue weighted by molar-refractivity contribution is -0.120. The number of hydrogen-bond donors (Lipinski definition) is 3. The van der Waals surface area contributed by atoms with Gasteiger partial charge in [-0.2, -0.15) is 0 Å². The average molecular weight is 360 g/mol. The second-order valence-corrected chi connectivity index (χ2v) is 7.28. The molecule has 1 aliphatic heterocycles. The van der Waals surface area contributed by atoms with Gasteiger partial charge < -0.3 is 25.0 Å². The van der Waals surface area contributed by atoms with Gasteiger partial charge in [-0.05, 0) is 26.2 Å². The van der Waals surface area contributed by atoms with Crippen molar-refractivity contribution in [2.45, 2.75) is 38.3 Å². The van der Waals surface area contributed by atoms with Gasteiger partial charge in [-0.1, -0.05) is 0 Å². The van der Waals surface area contributed by atoms with Gasteiger partial charge in [0.05, 0.1) is 19.5 Å². The summed E-state index contributed by atoms with van der Waals surface area (Å²) in [6.45, 7) is 3.29. The number of aliphatic hydroxyl groups is 2. The van der Waals surface area contributed by atoms with Crippen molar-refractivity contribution in [2.75, 3.05) is 31.2 Å². The molecule has 1 aliphatic carbocycles. The lowest BCUT2D eigenvalue weighted by atomic mass is 9.66. The van der Waals surface area contributed by atoms with Gasteiger partial charge >= 0.3 is 0 Å². The van der Waals surface area contributed by atoms with E-state index in [2.05, 4.69) is 20.3 Å². The van der Waals surface area contributed by atoms with Crippen LogP contribution in [0.3, 0.4) is 0 Å². The van der Waals surface area contributed by atoms with E-state index in [9.17, 15) is 15.0 Å². The molecule has 2 aromatic rings. The van der Waals surface area contributed by atoms with E-state index in [0.29, 0.717) is 37.3 Å². The number of anilines is 1. The van der Waals surface area contributed by atoms with Crippen molar-refractivity contribution in [3.8, 4) is 0 Å². The molecule has 0 bridgehead atoms. The number of imidazole rings is 1. The first-order valence-corrected chi connectivity index (χ1v) is 9.06. The maximum absolute atomic E-state index is 12.1. The van der Waals surface area contributed by atoms with Crippen molar-refractivity contribution in [2.24, 2.45) is 5.41 Å². The minimum Gasteiger partial charge on any atom is -0.396 e. The largest absolute Gasteiger partial charge is 0.396 e. The third-order valence-electron chi connectivity index (χ3n) is 5.75. The smallest absolute Gasteiger partial charge is 0.242 e. The van der Waals surface area contributed by atoms with Gasteiger partial charge in [-0.25, -0.2) is 15.0 Å². The number of carbonyl (C=O) groups is 1. The molecule has 2 fully saturated rings. The summed E-state index contributed by atoms with van der Waals surface area (Å²) in [6, 6.07) is -0.0877. The van der Waals surface area contributed by atoms with Crippen LogP contribution in [0.25, 0.3) is 11.2 Å². The maximum Gasteiger partial charge on any atom is 0.242 e. The summed E-state index contributed by atoms with van der Waals surface area (Å²) in [6.07, 6.45) is 5.38. The van der Waals surface area contributed by atoms with E-state index in [4.69, 9.17) is 0 Å². The van der Waals surface area contributed by atoms with Gasteiger partial charge in [0.1, 0.15) is 12.4 Å². The normalized spacial score (nSPS) is 22.4. The number of rotatable bonds is 6. The number of aromatic nitrogens is 4. The molecule has 9 heteroatoms. The van der Waals surface area contributed by atoms with E-state index in [1.807, 2.05) is 16.4 Å². The van der Waals surface area contributed by atoms with E-state index in [1.54, 1.807) is 6.33 Å². The van der Waals surface area contributed by atoms with Gasteiger partial charge in [0, 0.05) is 24.5 Å². The lowest BCUT2D eigenvalue weighted by Crippen LogP contribution is -2.44. The molecule has 1 saturated carbocycles. The van der Waals surface area contributed by atoms with E-state index in [1.165, 1.54) is 6.33 Å². The van der Waals surface area contributed by atoms with Crippen LogP contribution in [0.4, 0.5) is 5.82 Å². The summed E-state index contributed by atoms with van der Waals surface area (Å²) >= 11 is 0. The van der Waals surface area contributed by atoms with Crippen LogP contribution < -0.4 is 10.2 Å². The molecule has 0 spiro atoms. The fourth-order valence-electron chi connectivity index (χ4n) is 4.16. The summed E-state index contributed by atoms with van der Waals surface area (Å²) in [5, 5.41) is 21.9. The Hall–Kier alpha value is -2.26. The summed E-state index contributed by atoms with van der Waals surface area (Å²) < 4.78 is 1.99. The number of nitrogens with zero attached hydrogens (tertiary/aromatic N) is 5. The second-order valence-electron chi connectivity index (χ2n) is 7.28. The Balaban J connectivity index is 1.66. The molecule has 3 heterocycles. The molecule has 9 nitrogen and oxygen atoms in total. The van der Waals surface area contributed by atoms with E-state index in [0.717, 1.165) is 12.1 Å². The Morgan fingerprint density at radius 1 is 1.31 bits per heavy atom. The number of likely N-dealkylation sites (N-methyl/N-ethyl adjacent to an activating group) is 1. The zero-order valence-electron chi connectivity index (χ0n) is 14.8. The molecule has 3 N–H and O–H groups in total. The molecule has 26 heavy (non-hydrogen) atoms. The average Bonchev–Trinajstić information content (AvgIpc) is 3.23. The monoisotopic (exact) mass is 360 g/mol. The van der Waals surface area contributed by atoms with E-state index < -0.39 is 5.41 Å². The molecule has 1 atom stereocenters. The quantitative estimate of drug-likeness (QED) is 0.656. The van der Waals surface area contributed by atoms with Crippen LogP contribution >= 0.6 is 0 Å². The lowest BCUT2D eigenvalue weighted by Gasteiger charge is -2.45. The highest BCUT2D eigenvalue weighted by molar-refractivity contribution is 5.91. The molecular weight excluding hydrogens is 336 g/mol. The number of nitrogens with one attached hydrogen (secondary N) is 1. The minimum absolute atomic E-state index is 0.0206. The molecule has 0 aromatic carbocycles. The molecule has 2 aromatic heterocycles. The van der Waals surface area contributed by atoms with Crippen molar-refractivity contribution >= 4 is 22.9 Å². The van der Waals surface area contributed by atoms with Crippen LogP contribution in [0.2, 0.25) is 0 Å². The fourth-order valence-corrected chi connectivity index (χ4v) is 4.16. The van der Waals surface area contributed by atoms with Crippen LogP contribution in [-0.4, -0.2) is 68.0 Å². The minimum atomic E-state index is -0.408. The number of amides is 1. The number of carbonyl (C=O) groups excluding carboxylic acids is 1.